The number of furan rings is 1. The molecule has 1 aromatic carbocycles. The molecular formula is C27H30F2N9O3S2+. The molecule has 0 radical (unpaired) electrons. The van der Waals surface area contributed by atoms with Gasteiger partial charge in [-0.1, -0.05) is 11.3 Å². The molecule has 1 fully saturated rings. The molecule has 16 heteroatoms. The number of nitrogens with one attached hydrogen (secondary N) is 1. The van der Waals surface area contributed by atoms with Crippen LogP contribution in [-0.2, 0) is 17.4 Å². The van der Waals surface area contributed by atoms with Gasteiger partial charge in [-0.05, 0) is 29.1 Å². The molecule has 0 bridgehead atoms. The molecular weight excluding hydrogens is 600 g/mol. The molecule has 1 aliphatic heterocycles. The number of anilines is 2. The number of nitrogens with two attached hydrogens (primary N) is 1. The van der Waals surface area contributed by atoms with E-state index in [1.807, 2.05) is 4.90 Å². The minimum atomic E-state index is -0.882. The second kappa shape index (κ2) is 11.9. The van der Waals surface area contributed by atoms with Crippen LogP contribution in [0.5, 0.6) is 0 Å². The maximum atomic E-state index is 14.8. The first-order valence-corrected chi connectivity index (χ1v) is 16.6. The Labute approximate surface area is 251 Å². The van der Waals surface area contributed by atoms with Crippen LogP contribution in [0.1, 0.15) is 10.4 Å². The third-order valence-electron chi connectivity index (χ3n) is 7.29. The van der Waals surface area contributed by atoms with Crippen molar-refractivity contribution in [2.45, 2.75) is 6.54 Å². The Hall–Kier alpha value is -4.02. The first-order chi connectivity index (χ1) is 20.7. The summed E-state index contributed by atoms with van der Waals surface area (Å²) >= 11 is 1.03. The van der Waals surface area contributed by atoms with Crippen molar-refractivity contribution in [3.05, 3.63) is 57.4 Å². The zero-order valence-corrected chi connectivity index (χ0v) is 25.2. The van der Waals surface area contributed by atoms with Crippen LogP contribution in [0.2, 0.25) is 0 Å². The summed E-state index contributed by atoms with van der Waals surface area (Å²) in [5.41, 5.74) is 7.07. The van der Waals surface area contributed by atoms with Crippen LogP contribution in [0, 0.1) is 11.6 Å². The Morgan fingerprint density at radius 2 is 1.91 bits per heavy atom. The van der Waals surface area contributed by atoms with Gasteiger partial charge in [0.25, 0.3) is 5.91 Å². The van der Waals surface area contributed by atoms with Crippen LogP contribution < -0.4 is 20.8 Å². The van der Waals surface area contributed by atoms with Gasteiger partial charge in [0.1, 0.15) is 22.1 Å². The standard InChI is InChI=1S/C27H29F2N9O3S2/c1-43(2)13-5-31-25(39)16-14-19(18(29)15-17(16)28)36-9-6-35(7-10-36)8-11-37-23-21(42-27(37)40)24-32-22(20-4-3-12-41-20)34-38(24)26(30)33-23/h3-4,12,14-15H,5-11,13H2,1-2H3,(H2-,30,31,32,33,34,39)/p+1. The highest BCUT2D eigenvalue weighted by Crippen LogP contribution is 2.27. The van der Waals surface area contributed by atoms with Gasteiger partial charge in [0.05, 0.1) is 36.6 Å². The van der Waals surface area contributed by atoms with Crippen LogP contribution in [0.25, 0.3) is 27.6 Å². The topological polar surface area (TPSA) is 140 Å². The number of fused-ring (bicyclic) bond motifs is 3. The molecule has 3 N–H and O–H groups in total. The summed E-state index contributed by atoms with van der Waals surface area (Å²) in [4.78, 5) is 38.3. The Morgan fingerprint density at radius 1 is 1.12 bits per heavy atom. The summed E-state index contributed by atoms with van der Waals surface area (Å²) in [6.07, 6.45) is 5.64. The van der Waals surface area contributed by atoms with Crippen molar-refractivity contribution in [1.29, 1.82) is 0 Å². The highest BCUT2D eigenvalue weighted by atomic mass is 32.2. The molecule has 0 spiro atoms. The van der Waals surface area contributed by atoms with E-state index in [0.29, 0.717) is 73.4 Å². The predicted molar refractivity (Wildman–Crippen MR) is 164 cm³/mol. The third-order valence-corrected chi connectivity index (χ3v) is 9.27. The van der Waals surface area contributed by atoms with Gasteiger partial charge in [0, 0.05) is 45.3 Å². The van der Waals surface area contributed by atoms with Crippen molar-refractivity contribution >= 4 is 55.8 Å². The van der Waals surface area contributed by atoms with E-state index in [2.05, 4.69) is 37.8 Å². The highest BCUT2D eigenvalue weighted by Gasteiger charge is 2.25. The first-order valence-electron chi connectivity index (χ1n) is 13.6. The van der Waals surface area contributed by atoms with Gasteiger partial charge in [-0.3, -0.25) is 19.1 Å². The van der Waals surface area contributed by atoms with Crippen molar-refractivity contribution in [3.63, 3.8) is 0 Å². The molecule has 5 aromatic rings. The Morgan fingerprint density at radius 3 is 2.63 bits per heavy atom. The van der Waals surface area contributed by atoms with Crippen molar-refractivity contribution in [2.75, 3.05) is 68.2 Å². The van der Waals surface area contributed by atoms with Crippen LogP contribution in [0.3, 0.4) is 0 Å². The fourth-order valence-electron chi connectivity index (χ4n) is 5.01. The maximum absolute atomic E-state index is 14.8. The molecule has 0 aliphatic carbocycles. The summed E-state index contributed by atoms with van der Waals surface area (Å²) in [5.74, 6) is -0.433. The number of hydrogen-bond donors (Lipinski definition) is 2. The second-order valence-electron chi connectivity index (χ2n) is 10.3. The molecule has 6 rings (SSSR count). The lowest BCUT2D eigenvalue weighted by molar-refractivity contribution is 0.0952. The molecule has 1 saturated heterocycles. The maximum Gasteiger partial charge on any atom is 0.309 e. The van der Waals surface area contributed by atoms with Gasteiger partial charge in [-0.25, -0.2) is 13.8 Å². The van der Waals surface area contributed by atoms with E-state index < -0.39 is 17.5 Å². The number of hydrogen-bond acceptors (Lipinski definition) is 10. The number of halogens is 2. The summed E-state index contributed by atoms with van der Waals surface area (Å²) < 4.78 is 38.2. The number of piperazine rings is 1. The fraction of sp³-hybridized carbons (Fsp3) is 0.370. The van der Waals surface area contributed by atoms with Crippen molar-refractivity contribution in [1.82, 2.24) is 34.4 Å². The van der Waals surface area contributed by atoms with E-state index >= 15 is 0 Å². The molecule has 12 nitrogen and oxygen atoms in total. The average Bonchev–Trinajstić information content (AvgIpc) is 3.72. The SMILES string of the molecule is C[S+](C)CCNC(=O)c1cc(N2CCN(CCn3c(=O)sc4c3nc(N)n3nc(-c5ccco5)nc43)CC2)c(F)cc1F. The lowest BCUT2D eigenvalue weighted by Crippen LogP contribution is -2.47. The van der Waals surface area contributed by atoms with Crippen molar-refractivity contribution in [2.24, 2.45) is 0 Å². The average molecular weight is 631 g/mol. The molecule has 226 valence electrons. The summed E-state index contributed by atoms with van der Waals surface area (Å²) in [6.45, 7) is 3.46. The van der Waals surface area contributed by atoms with E-state index in [4.69, 9.17) is 10.2 Å². The molecule has 0 saturated carbocycles. The van der Waals surface area contributed by atoms with Crippen LogP contribution in [-0.4, -0.2) is 92.5 Å². The minimum Gasteiger partial charge on any atom is -0.461 e. The number of carbonyl (C=O) groups excluding carboxylic acids is 1. The van der Waals surface area contributed by atoms with Crippen LogP contribution >= 0.6 is 11.3 Å². The summed E-state index contributed by atoms with van der Waals surface area (Å²) in [6, 6.07) is 5.54. The number of nitrogen functional groups attached to an aromatic ring is 1. The zero-order chi connectivity index (χ0) is 30.2. The van der Waals surface area contributed by atoms with E-state index in [1.165, 1.54) is 16.8 Å². The minimum absolute atomic E-state index is 0.0997. The number of thiazole rings is 1. The van der Waals surface area contributed by atoms with E-state index in [-0.39, 0.29) is 33.0 Å². The van der Waals surface area contributed by atoms with Gasteiger partial charge >= 0.3 is 4.87 Å². The van der Waals surface area contributed by atoms with E-state index in [0.717, 1.165) is 23.2 Å². The summed E-state index contributed by atoms with van der Waals surface area (Å²) in [5, 5.41) is 7.10. The lowest BCUT2D eigenvalue weighted by atomic mass is 10.1. The predicted octanol–water partition coefficient (Wildman–Crippen LogP) is 2.05. The Bertz CT molecular complexity index is 1840. The van der Waals surface area contributed by atoms with Crippen molar-refractivity contribution < 1.29 is 18.0 Å². The molecule has 5 heterocycles. The summed E-state index contributed by atoms with van der Waals surface area (Å²) in [7, 11) is 0.141. The molecule has 0 atom stereocenters. The number of rotatable bonds is 9. The number of aromatic nitrogens is 5. The second-order valence-corrected chi connectivity index (χ2v) is 13.7. The molecule has 0 unspecified atom stereocenters. The number of nitrogens with zero attached hydrogens (tertiary/aromatic N) is 7. The smallest absolute Gasteiger partial charge is 0.309 e. The normalized spacial score (nSPS) is 14.4. The molecule has 1 aliphatic rings. The van der Waals surface area contributed by atoms with Gasteiger partial charge in [-0.2, -0.15) is 9.50 Å². The third kappa shape index (κ3) is 5.81. The zero-order valence-electron chi connectivity index (χ0n) is 23.5. The monoisotopic (exact) mass is 630 g/mol. The Kier molecular flexibility index (Phi) is 8.07. The number of amides is 1. The fourth-order valence-corrected chi connectivity index (χ4v) is 6.45. The quantitative estimate of drug-likeness (QED) is 0.234. The number of benzene rings is 1. The van der Waals surface area contributed by atoms with E-state index in [9.17, 15) is 18.4 Å². The largest absolute Gasteiger partial charge is 0.461 e. The molecule has 43 heavy (non-hydrogen) atoms. The van der Waals surface area contributed by atoms with Gasteiger partial charge in [-0.15, -0.1) is 5.10 Å². The van der Waals surface area contributed by atoms with Gasteiger partial charge < -0.3 is 20.4 Å². The van der Waals surface area contributed by atoms with Crippen molar-refractivity contribution in [3.8, 4) is 11.6 Å². The van der Waals surface area contributed by atoms with Gasteiger partial charge in [0.15, 0.2) is 17.1 Å². The number of carbonyl (C=O) groups is 1. The molecule has 1 amide bonds. The van der Waals surface area contributed by atoms with E-state index in [1.54, 1.807) is 16.7 Å². The first kappa shape index (κ1) is 29.1. The van der Waals surface area contributed by atoms with Crippen LogP contribution in [0.4, 0.5) is 20.4 Å². The Balaban J connectivity index is 1.13. The molecule has 4 aromatic heterocycles. The van der Waals surface area contributed by atoms with Crippen LogP contribution in [0.15, 0.2) is 39.7 Å². The lowest BCUT2D eigenvalue weighted by Gasteiger charge is -2.36. The highest BCUT2D eigenvalue weighted by molar-refractivity contribution is 7.95. The van der Waals surface area contributed by atoms with Gasteiger partial charge in [0.2, 0.25) is 11.8 Å².